The summed E-state index contributed by atoms with van der Waals surface area (Å²) in [6.45, 7) is 1.54. The highest BCUT2D eigenvalue weighted by molar-refractivity contribution is 5.94. The Morgan fingerprint density at radius 2 is 1.88 bits per heavy atom. The van der Waals surface area contributed by atoms with Gasteiger partial charge < -0.3 is 4.90 Å². The fraction of sp³-hybridized carbons (Fsp3) is 0.250. The van der Waals surface area contributed by atoms with Crippen LogP contribution in [0.15, 0.2) is 61.1 Å². The van der Waals surface area contributed by atoms with Crippen LogP contribution in [0.1, 0.15) is 34.8 Å². The van der Waals surface area contributed by atoms with Gasteiger partial charge in [0, 0.05) is 54.2 Å². The molecular formula is C20H19N3O. The number of carbonyl (C=O) groups is 1. The molecule has 0 aliphatic carbocycles. The zero-order valence-corrected chi connectivity index (χ0v) is 13.4. The molecule has 1 aliphatic rings. The second kappa shape index (κ2) is 6.40. The highest BCUT2D eigenvalue weighted by Gasteiger charge is 2.26. The van der Waals surface area contributed by atoms with Gasteiger partial charge in [0.2, 0.25) is 0 Å². The molecule has 1 aliphatic heterocycles. The Morgan fingerprint density at radius 1 is 1.08 bits per heavy atom. The molecule has 1 saturated heterocycles. The van der Waals surface area contributed by atoms with Gasteiger partial charge in [0.25, 0.3) is 5.91 Å². The summed E-state index contributed by atoms with van der Waals surface area (Å²) < 4.78 is 0. The van der Waals surface area contributed by atoms with Gasteiger partial charge in [0.05, 0.1) is 0 Å². The van der Waals surface area contributed by atoms with Crippen molar-refractivity contribution in [2.24, 2.45) is 0 Å². The van der Waals surface area contributed by atoms with E-state index in [0.717, 1.165) is 37.0 Å². The van der Waals surface area contributed by atoms with E-state index >= 15 is 0 Å². The lowest BCUT2D eigenvalue weighted by molar-refractivity contribution is 0.0706. The first-order chi connectivity index (χ1) is 11.8. The first-order valence-corrected chi connectivity index (χ1v) is 8.35. The fourth-order valence-corrected chi connectivity index (χ4v) is 3.40. The van der Waals surface area contributed by atoms with Crippen LogP contribution in [0.25, 0.3) is 10.8 Å². The van der Waals surface area contributed by atoms with Crippen LogP contribution in [-0.4, -0.2) is 33.9 Å². The van der Waals surface area contributed by atoms with E-state index in [0.29, 0.717) is 11.5 Å². The third kappa shape index (κ3) is 2.87. The maximum Gasteiger partial charge on any atom is 0.253 e. The predicted molar refractivity (Wildman–Crippen MR) is 93.9 cm³/mol. The molecule has 24 heavy (non-hydrogen) atoms. The van der Waals surface area contributed by atoms with Crippen molar-refractivity contribution < 1.29 is 4.79 Å². The molecule has 3 heterocycles. The molecule has 1 fully saturated rings. The van der Waals surface area contributed by atoms with Gasteiger partial charge in [-0.05, 0) is 36.4 Å². The topological polar surface area (TPSA) is 46.1 Å². The number of rotatable bonds is 2. The molecule has 1 aromatic carbocycles. The van der Waals surface area contributed by atoms with E-state index in [2.05, 4.69) is 28.2 Å². The Hall–Kier alpha value is -2.75. The minimum absolute atomic E-state index is 0.0860. The lowest BCUT2D eigenvalue weighted by atomic mass is 9.93. The lowest BCUT2D eigenvalue weighted by Crippen LogP contribution is -2.39. The lowest BCUT2D eigenvalue weighted by Gasteiger charge is -2.32. The molecule has 4 nitrogen and oxygen atoms in total. The molecule has 0 radical (unpaired) electrons. The quantitative estimate of drug-likeness (QED) is 0.725. The van der Waals surface area contributed by atoms with Crippen LogP contribution in [0.2, 0.25) is 0 Å². The number of piperidine rings is 1. The normalized spacial score (nSPS) is 17.8. The maximum absolute atomic E-state index is 12.7. The first-order valence-electron chi connectivity index (χ1n) is 8.35. The molecule has 120 valence electrons. The predicted octanol–water partition coefficient (Wildman–Crippen LogP) is 3.65. The van der Waals surface area contributed by atoms with Crippen LogP contribution in [0, 0.1) is 0 Å². The highest BCUT2D eigenvalue weighted by Crippen LogP contribution is 2.28. The highest BCUT2D eigenvalue weighted by atomic mass is 16.2. The van der Waals surface area contributed by atoms with E-state index in [4.69, 9.17) is 0 Å². The van der Waals surface area contributed by atoms with Crippen LogP contribution >= 0.6 is 0 Å². The van der Waals surface area contributed by atoms with Gasteiger partial charge in [-0.25, -0.2) is 0 Å². The van der Waals surface area contributed by atoms with Crippen molar-refractivity contribution in [3.63, 3.8) is 0 Å². The summed E-state index contributed by atoms with van der Waals surface area (Å²) in [6, 6.07) is 14.0. The van der Waals surface area contributed by atoms with Gasteiger partial charge in [-0.1, -0.05) is 24.3 Å². The smallest absolute Gasteiger partial charge is 0.253 e. The van der Waals surface area contributed by atoms with E-state index in [1.54, 1.807) is 24.5 Å². The summed E-state index contributed by atoms with van der Waals surface area (Å²) in [7, 11) is 0. The van der Waals surface area contributed by atoms with E-state index in [-0.39, 0.29) is 5.91 Å². The van der Waals surface area contributed by atoms with E-state index < -0.39 is 0 Å². The van der Waals surface area contributed by atoms with Crippen molar-refractivity contribution in [3.8, 4) is 0 Å². The number of aromatic nitrogens is 2. The number of nitrogens with zero attached hydrogens (tertiary/aromatic N) is 3. The molecule has 0 spiro atoms. The molecule has 1 amide bonds. The average Bonchev–Trinajstić information content (AvgIpc) is 2.68. The summed E-state index contributed by atoms with van der Waals surface area (Å²) in [5.74, 6) is 0.386. The number of fused-ring (bicyclic) bond motifs is 1. The second-order valence-electron chi connectivity index (χ2n) is 6.28. The largest absolute Gasteiger partial charge is 0.338 e. The number of likely N-dealkylation sites (tertiary alicyclic amines) is 1. The summed E-state index contributed by atoms with van der Waals surface area (Å²) in [6.07, 6.45) is 7.36. The average molecular weight is 317 g/mol. The third-order valence-electron chi connectivity index (χ3n) is 4.71. The molecule has 0 saturated carbocycles. The van der Waals surface area contributed by atoms with Crippen molar-refractivity contribution in [3.05, 3.63) is 72.3 Å². The van der Waals surface area contributed by atoms with Crippen molar-refractivity contribution in [2.45, 2.75) is 18.8 Å². The number of amides is 1. The van der Waals surface area contributed by atoms with E-state index in [1.807, 2.05) is 23.2 Å². The maximum atomic E-state index is 12.7. The van der Waals surface area contributed by atoms with Crippen LogP contribution in [0.3, 0.4) is 0 Å². The SMILES string of the molecule is O=C(c1ccncc1)N1CCC[C@@H](c2cc3ccccc3cn2)C1. The summed E-state index contributed by atoms with van der Waals surface area (Å²) in [4.78, 5) is 23.2. The number of hydrogen-bond donors (Lipinski definition) is 0. The van der Waals surface area contributed by atoms with Crippen LogP contribution in [0.5, 0.6) is 0 Å². The summed E-state index contributed by atoms with van der Waals surface area (Å²) in [5, 5.41) is 2.36. The molecule has 2 aromatic heterocycles. The Labute approximate surface area is 141 Å². The summed E-state index contributed by atoms with van der Waals surface area (Å²) >= 11 is 0. The molecule has 0 unspecified atom stereocenters. The molecule has 3 aromatic rings. The van der Waals surface area contributed by atoms with Crippen LogP contribution in [-0.2, 0) is 0 Å². The van der Waals surface area contributed by atoms with Crippen LogP contribution in [0.4, 0.5) is 0 Å². The Balaban J connectivity index is 1.56. The fourth-order valence-electron chi connectivity index (χ4n) is 3.40. The van der Waals surface area contributed by atoms with Crippen LogP contribution < -0.4 is 0 Å². The van der Waals surface area contributed by atoms with Crippen molar-refractivity contribution in [1.29, 1.82) is 0 Å². The second-order valence-corrected chi connectivity index (χ2v) is 6.28. The molecule has 0 bridgehead atoms. The van der Waals surface area contributed by atoms with Gasteiger partial charge in [-0.15, -0.1) is 0 Å². The van der Waals surface area contributed by atoms with Gasteiger partial charge in [0.1, 0.15) is 0 Å². The van der Waals surface area contributed by atoms with Gasteiger partial charge >= 0.3 is 0 Å². The van der Waals surface area contributed by atoms with Crippen molar-refractivity contribution in [2.75, 3.05) is 13.1 Å². The zero-order chi connectivity index (χ0) is 16.4. The standard InChI is InChI=1S/C20H19N3O/c24-20(15-7-9-21-10-8-15)23-11-3-6-18(14-23)19-12-16-4-1-2-5-17(16)13-22-19/h1-2,4-5,7-10,12-13,18H,3,6,11,14H2/t18-/m1/s1. The number of hydrogen-bond acceptors (Lipinski definition) is 3. The number of carbonyl (C=O) groups excluding carboxylic acids is 1. The van der Waals surface area contributed by atoms with Gasteiger partial charge in [0.15, 0.2) is 0 Å². The Bertz CT molecular complexity index is 863. The molecule has 4 rings (SSSR count). The third-order valence-corrected chi connectivity index (χ3v) is 4.71. The molecule has 1 atom stereocenters. The first kappa shape index (κ1) is 14.8. The monoisotopic (exact) mass is 317 g/mol. The summed E-state index contributed by atoms with van der Waals surface area (Å²) in [5.41, 5.74) is 1.79. The minimum atomic E-state index is 0.0860. The van der Waals surface area contributed by atoms with E-state index in [1.165, 1.54) is 5.39 Å². The number of benzene rings is 1. The van der Waals surface area contributed by atoms with Gasteiger partial charge in [-0.2, -0.15) is 0 Å². The van der Waals surface area contributed by atoms with Crippen molar-refractivity contribution in [1.82, 2.24) is 14.9 Å². The number of pyridine rings is 2. The molecule has 4 heteroatoms. The van der Waals surface area contributed by atoms with Crippen molar-refractivity contribution >= 4 is 16.7 Å². The molecular weight excluding hydrogens is 298 g/mol. The van der Waals surface area contributed by atoms with Gasteiger partial charge in [-0.3, -0.25) is 14.8 Å². The van der Waals surface area contributed by atoms with E-state index in [9.17, 15) is 4.79 Å². The Morgan fingerprint density at radius 3 is 2.71 bits per heavy atom. The molecule has 0 N–H and O–H groups in total. The zero-order valence-electron chi connectivity index (χ0n) is 13.4. The Kier molecular flexibility index (Phi) is 3.95. The minimum Gasteiger partial charge on any atom is -0.338 e.